The van der Waals surface area contributed by atoms with Crippen molar-refractivity contribution in [1.82, 2.24) is 9.80 Å². The Labute approximate surface area is 120 Å². The highest BCUT2D eigenvalue weighted by atomic mass is 32.1. The lowest BCUT2D eigenvalue weighted by atomic mass is 10.1. The van der Waals surface area contributed by atoms with Crippen molar-refractivity contribution in [1.29, 1.82) is 0 Å². The second-order valence-electron chi connectivity index (χ2n) is 6.01. The van der Waals surface area contributed by atoms with Gasteiger partial charge in [-0.05, 0) is 61.2 Å². The number of rotatable bonds is 6. The maximum absolute atomic E-state index is 5.97. The van der Waals surface area contributed by atoms with Gasteiger partial charge in [-0.2, -0.15) is 11.3 Å². The topological polar surface area (TPSA) is 32.5 Å². The van der Waals surface area contributed by atoms with Crippen molar-refractivity contribution in [2.75, 3.05) is 26.2 Å². The van der Waals surface area contributed by atoms with E-state index >= 15 is 0 Å². The van der Waals surface area contributed by atoms with Crippen LogP contribution in [0.4, 0.5) is 0 Å². The van der Waals surface area contributed by atoms with E-state index in [4.69, 9.17) is 5.73 Å². The summed E-state index contributed by atoms with van der Waals surface area (Å²) in [6.07, 6.45) is 5.14. The van der Waals surface area contributed by atoms with Gasteiger partial charge in [0.15, 0.2) is 0 Å². The fraction of sp³-hybridized carbons (Fsp3) is 0.733. The van der Waals surface area contributed by atoms with Crippen LogP contribution >= 0.6 is 11.3 Å². The molecule has 106 valence electrons. The van der Waals surface area contributed by atoms with E-state index in [9.17, 15) is 0 Å². The van der Waals surface area contributed by atoms with Gasteiger partial charge in [-0.15, -0.1) is 0 Å². The molecule has 0 atom stereocenters. The van der Waals surface area contributed by atoms with Crippen LogP contribution in [-0.2, 0) is 6.54 Å². The zero-order valence-electron chi connectivity index (χ0n) is 11.6. The quantitative estimate of drug-likeness (QED) is 0.866. The largest absolute Gasteiger partial charge is 0.328 e. The van der Waals surface area contributed by atoms with Gasteiger partial charge in [0.05, 0.1) is 0 Å². The third-order valence-electron chi connectivity index (χ3n) is 4.36. The van der Waals surface area contributed by atoms with Gasteiger partial charge in [0.1, 0.15) is 0 Å². The van der Waals surface area contributed by atoms with Crippen molar-refractivity contribution in [2.24, 2.45) is 5.73 Å². The van der Waals surface area contributed by atoms with Gasteiger partial charge in [0.25, 0.3) is 0 Å². The first-order chi connectivity index (χ1) is 9.31. The standard InChI is InChI=1S/C15H25N3S/c16-14-3-6-17(7-4-14)8-9-18(15-1-2-15)11-13-5-10-19-12-13/h5,10,12,14-15H,1-4,6-9,11,16H2. The Morgan fingerprint density at radius 3 is 2.68 bits per heavy atom. The van der Waals surface area contributed by atoms with Crippen molar-refractivity contribution >= 4 is 11.3 Å². The van der Waals surface area contributed by atoms with E-state index in [0.29, 0.717) is 6.04 Å². The van der Waals surface area contributed by atoms with Crippen LogP contribution in [0.5, 0.6) is 0 Å². The summed E-state index contributed by atoms with van der Waals surface area (Å²) in [6.45, 7) is 5.96. The predicted molar refractivity (Wildman–Crippen MR) is 81.4 cm³/mol. The van der Waals surface area contributed by atoms with E-state index in [1.165, 1.54) is 57.4 Å². The minimum atomic E-state index is 0.446. The lowest BCUT2D eigenvalue weighted by Crippen LogP contribution is -2.43. The van der Waals surface area contributed by atoms with Crippen LogP contribution in [-0.4, -0.2) is 48.1 Å². The lowest BCUT2D eigenvalue weighted by Gasteiger charge is -2.32. The lowest BCUT2D eigenvalue weighted by molar-refractivity contribution is 0.165. The highest BCUT2D eigenvalue weighted by Crippen LogP contribution is 2.28. The van der Waals surface area contributed by atoms with Gasteiger partial charge in [-0.25, -0.2) is 0 Å². The van der Waals surface area contributed by atoms with E-state index in [1.54, 1.807) is 0 Å². The summed E-state index contributed by atoms with van der Waals surface area (Å²) < 4.78 is 0. The molecule has 2 N–H and O–H groups in total. The van der Waals surface area contributed by atoms with Crippen LogP contribution in [0.15, 0.2) is 16.8 Å². The first-order valence-corrected chi connectivity index (χ1v) is 8.48. The fourth-order valence-electron chi connectivity index (χ4n) is 2.89. The summed E-state index contributed by atoms with van der Waals surface area (Å²) >= 11 is 1.81. The molecule has 2 aliphatic rings. The van der Waals surface area contributed by atoms with Gasteiger partial charge in [-0.3, -0.25) is 4.90 Å². The van der Waals surface area contributed by atoms with Gasteiger partial charge in [-0.1, -0.05) is 0 Å². The van der Waals surface area contributed by atoms with Crippen LogP contribution in [0.2, 0.25) is 0 Å². The van der Waals surface area contributed by atoms with Crippen molar-refractivity contribution < 1.29 is 0 Å². The molecule has 1 aliphatic heterocycles. The van der Waals surface area contributed by atoms with Gasteiger partial charge in [0, 0.05) is 31.7 Å². The highest BCUT2D eigenvalue weighted by Gasteiger charge is 2.29. The first-order valence-electron chi connectivity index (χ1n) is 7.54. The summed E-state index contributed by atoms with van der Waals surface area (Å²) in [4.78, 5) is 5.27. The van der Waals surface area contributed by atoms with Gasteiger partial charge < -0.3 is 10.6 Å². The summed E-state index contributed by atoms with van der Waals surface area (Å²) in [5.41, 5.74) is 7.45. The summed E-state index contributed by atoms with van der Waals surface area (Å²) in [5, 5.41) is 4.47. The third kappa shape index (κ3) is 4.02. The molecule has 0 bridgehead atoms. The smallest absolute Gasteiger partial charge is 0.0245 e. The summed E-state index contributed by atoms with van der Waals surface area (Å²) in [7, 11) is 0. The molecule has 1 saturated heterocycles. The number of thiophene rings is 1. The number of hydrogen-bond donors (Lipinski definition) is 1. The Bertz CT molecular complexity index is 367. The first kappa shape index (κ1) is 13.6. The average Bonchev–Trinajstić information content (AvgIpc) is 3.14. The zero-order valence-corrected chi connectivity index (χ0v) is 12.4. The number of likely N-dealkylation sites (tertiary alicyclic amines) is 1. The maximum Gasteiger partial charge on any atom is 0.0245 e. The normalized spacial score (nSPS) is 22.2. The number of nitrogens with two attached hydrogens (primary N) is 1. The third-order valence-corrected chi connectivity index (χ3v) is 5.10. The molecule has 0 radical (unpaired) electrons. The molecule has 0 aromatic carbocycles. The SMILES string of the molecule is NC1CCN(CCN(Cc2ccsc2)C2CC2)CC1. The van der Waals surface area contributed by atoms with E-state index in [0.717, 1.165) is 12.6 Å². The van der Waals surface area contributed by atoms with Crippen LogP contribution < -0.4 is 5.73 Å². The Kier molecular flexibility index (Phi) is 4.53. The van der Waals surface area contributed by atoms with Crippen molar-refractivity contribution in [3.63, 3.8) is 0 Å². The minimum absolute atomic E-state index is 0.446. The number of hydrogen-bond acceptors (Lipinski definition) is 4. The van der Waals surface area contributed by atoms with Crippen LogP contribution in [0, 0.1) is 0 Å². The second-order valence-corrected chi connectivity index (χ2v) is 6.79. The van der Waals surface area contributed by atoms with Crippen LogP contribution in [0.1, 0.15) is 31.2 Å². The molecule has 2 fully saturated rings. The van der Waals surface area contributed by atoms with Crippen molar-refractivity contribution in [3.05, 3.63) is 22.4 Å². The van der Waals surface area contributed by atoms with Gasteiger partial charge in [0.2, 0.25) is 0 Å². The molecule has 1 aromatic rings. The Hall–Kier alpha value is -0.420. The summed E-state index contributed by atoms with van der Waals surface area (Å²) in [6, 6.07) is 3.56. The van der Waals surface area contributed by atoms with E-state index in [2.05, 4.69) is 26.6 Å². The molecule has 0 spiro atoms. The Balaban J connectivity index is 1.46. The maximum atomic E-state index is 5.97. The highest BCUT2D eigenvalue weighted by molar-refractivity contribution is 7.07. The zero-order chi connectivity index (χ0) is 13.1. The molecule has 3 nitrogen and oxygen atoms in total. The molecule has 0 amide bonds. The summed E-state index contributed by atoms with van der Waals surface area (Å²) in [5.74, 6) is 0. The fourth-order valence-corrected chi connectivity index (χ4v) is 3.55. The molecular weight excluding hydrogens is 254 g/mol. The van der Waals surface area contributed by atoms with Gasteiger partial charge >= 0.3 is 0 Å². The number of piperidine rings is 1. The molecule has 0 unspecified atom stereocenters. The molecule has 4 heteroatoms. The monoisotopic (exact) mass is 279 g/mol. The molecular formula is C15H25N3S. The van der Waals surface area contributed by atoms with Crippen LogP contribution in [0.25, 0.3) is 0 Å². The van der Waals surface area contributed by atoms with Crippen molar-refractivity contribution in [2.45, 2.75) is 44.3 Å². The van der Waals surface area contributed by atoms with Crippen LogP contribution in [0.3, 0.4) is 0 Å². The van der Waals surface area contributed by atoms with E-state index in [-0.39, 0.29) is 0 Å². The molecule has 1 saturated carbocycles. The van der Waals surface area contributed by atoms with E-state index < -0.39 is 0 Å². The van der Waals surface area contributed by atoms with E-state index in [1.807, 2.05) is 11.3 Å². The molecule has 19 heavy (non-hydrogen) atoms. The second kappa shape index (κ2) is 6.35. The predicted octanol–water partition coefficient (Wildman–Crippen LogP) is 2.14. The number of nitrogens with zero attached hydrogens (tertiary/aromatic N) is 2. The minimum Gasteiger partial charge on any atom is -0.328 e. The molecule has 1 aliphatic carbocycles. The molecule has 1 aromatic heterocycles. The Morgan fingerprint density at radius 2 is 2.05 bits per heavy atom. The molecule has 2 heterocycles. The van der Waals surface area contributed by atoms with Crippen molar-refractivity contribution in [3.8, 4) is 0 Å². The molecule has 3 rings (SSSR count). The Morgan fingerprint density at radius 1 is 1.26 bits per heavy atom. The average molecular weight is 279 g/mol.